The highest BCUT2D eigenvalue weighted by Crippen LogP contribution is 2.26. The maximum Gasteiger partial charge on any atom is 0.347 e. The molecule has 0 aliphatic rings. The molecule has 1 heterocycles. The lowest BCUT2D eigenvalue weighted by atomic mass is 10.3. The topological polar surface area (TPSA) is 135 Å². The fourth-order valence-electron chi connectivity index (χ4n) is 0.925. The zero-order chi connectivity index (χ0) is 11.8. The third-order valence-corrected chi connectivity index (χ3v) is 3.54. The van der Waals surface area contributed by atoms with Crippen molar-refractivity contribution in [1.29, 1.82) is 0 Å². The smallest absolute Gasteiger partial charge is 0.347 e. The Kier molecular flexibility index (Phi) is 2.79. The van der Waals surface area contributed by atoms with Crippen LogP contribution in [-0.2, 0) is 10.0 Å². The van der Waals surface area contributed by atoms with Crippen molar-refractivity contribution in [2.75, 3.05) is 0 Å². The van der Waals surface area contributed by atoms with Crippen molar-refractivity contribution in [2.24, 2.45) is 5.14 Å². The van der Waals surface area contributed by atoms with Crippen LogP contribution in [-0.4, -0.2) is 30.6 Å². The lowest BCUT2D eigenvalue weighted by Crippen LogP contribution is -2.18. The van der Waals surface area contributed by atoms with E-state index in [4.69, 9.17) is 15.4 Å². The Morgan fingerprint density at radius 2 is 1.80 bits per heavy atom. The second-order valence-corrected chi connectivity index (χ2v) is 4.84. The molecule has 0 aliphatic carbocycles. The van der Waals surface area contributed by atoms with Crippen molar-refractivity contribution < 1.29 is 28.2 Å². The van der Waals surface area contributed by atoms with E-state index in [0.717, 1.165) is 5.38 Å². The van der Waals surface area contributed by atoms with Crippen molar-refractivity contribution in [3.05, 3.63) is 15.8 Å². The molecule has 0 amide bonds. The highest BCUT2D eigenvalue weighted by atomic mass is 32.2. The average molecular weight is 251 g/mol. The maximum atomic E-state index is 11.0. The fourth-order valence-corrected chi connectivity index (χ4v) is 3.06. The standard InChI is InChI=1S/C6H5NO6S2/c7-15(12,13)4-2(5(8)9)1-14-3(4)6(10)11/h1H,(H,8,9)(H,10,11)(H2,7,12,13). The molecule has 0 spiro atoms. The molecular weight excluding hydrogens is 246 g/mol. The number of rotatable bonds is 3. The molecular formula is C6H5NO6S2. The molecule has 15 heavy (non-hydrogen) atoms. The summed E-state index contributed by atoms with van der Waals surface area (Å²) in [6.07, 6.45) is 0. The van der Waals surface area contributed by atoms with Gasteiger partial charge in [-0.05, 0) is 0 Å². The van der Waals surface area contributed by atoms with Gasteiger partial charge in [0.1, 0.15) is 9.77 Å². The van der Waals surface area contributed by atoms with Gasteiger partial charge in [-0.25, -0.2) is 23.1 Å². The summed E-state index contributed by atoms with van der Waals surface area (Å²) in [5, 5.41) is 22.9. The number of aromatic carboxylic acids is 2. The second-order valence-electron chi connectivity index (χ2n) is 2.46. The number of hydrogen-bond acceptors (Lipinski definition) is 5. The monoisotopic (exact) mass is 251 g/mol. The Bertz CT molecular complexity index is 496. The number of sulfonamides is 1. The van der Waals surface area contributed by atoms with Gasteiger partial charge in [-0.2, -0.15) is 0 Å². The number of thiophene rings is 1. The molecule has 1 rings (SSSR count). The lowest BCUT2D eigenvalue weighted by Gasteiger charge is -1.98. The Hall–Kier alpha value is -1.45. The zero-order valence-corrected chi connectivity index (χ0v) is 8.63. The van der Waals surface area contributed by atoms with Crippen molar-refractivity contribution in [3.63, 3.8) is 0 Å². The minimum Gasteiger partial charge on any atom is -0.478 e. The first-order chi connectivity index (χ1) is 6.75. The summed E-state index contributed by atoms with van der Waals surface area (Å²) in [4.78, 5) is 19.7. The number of hydrogen-bond donors (Lipinski definition) is 3. The van der Waals surface area contributed by atoms with E-state index in [0.29, 0.717) is 11.3 Å². The molecule has 0 atom stereocenters. The van der Waals surface area contributed by atoms with Gasteiger partial charge < -0.3 is 10.2 Å². The third kappa shape index (κ3) is 2.14. The van der Waals surface area contributed by atoms with Crippen LogP contribution in [0.4, 0.5) is 0 Å². The number of carboxylic acids is 2. The Labute approximate surface area is 87.8 Å². The van der Waals surface area contributed by atoms with Gasteiger partial charge in [0.15, 0.2) is 0 Å². The summed E-state index contributed by atoms with van der Waals surface area (Å²) >= 11 is 0.500. The van der Waals surface area contributed by atoms with Crippen molar-refractivity contribution in [2.45, 2.75) is 4.90 Å². The molecule has 0 bridgehead atoms. The SMILES string of the molecule is NS(=O)(=O)c1c(C(=O)O)csc1C(=O)O. The molecule has 1 aromatic rings. The number of nitrogens with two attached hydrogens (primary N) is 1. The van der Waals surface area contributed by atoms with Crippen LogP contribution >= 0.6 is 11.3 Å². The van der Waals surface area contributed by atoms with Crippen molar-refractivity contribution in [1.82, 2.24) is 0 Å². The third-order valence-electron chi connectivity index (χ3n) is 1.45. The fraction of sp³-hybridized carbons (Fsp3) is 0. The van der Waals surface area contributed by atoms with E-state index in [9.17, 15) is 18.0 Å². The van der Waals surface area contributed by atoms with Crippen LogP contribution in [0.25, 0.3) is 0 Å². The molecule has 0 radical (unpaired) electrons. The van der Waals surface area contributed by atoms with Gasteiger partial charge in [0.05, 0.1) is 5.56 Å². The summed E-state index contributed by atoms with van der Waals surface area (Å²) in [5.74, 6) is -3.07. The van der Waals surface area contributed by atoms with Crippen LogP contribution in [0.15, 0.2) is 10.3 Å². The molecule has 7 nitrogen and oxygen atoms in total. The van der Waals surface area contributed by atoms with Crippen molar-refractivity contribution >= 4 is 33.3 Å². The summed E-state index contributed by atoms with van der Waals surface area (Å²) < 4.78 is 22.0. The number of primary sulfonamides is 1. The van der Waals surface area contributed by atoms with Crippen LogP contribution in [0.5, 0.6) is 0 Å². The van der Waals surface area contributed by atoms with Gasteiger partial charge in [-0.1, -0.05) is 0 Å². The van der Waals surface area contributed by atoms with Gasteiger partial charge in [0.2, 0.25) is 10.0 Å². The first-order valence-corrected chi connectivity index (χ1v) is 5.78. The van der Waals surface area contributed by atoms with Crippen LogP contribution in [0, 0.1) is 0 Å². The van der Waals surface area contributed by atoms with E-state index in [1.807, 2.05) is 0 Å². The molecule has 0 aliphatic heterocycles. The molecule has 4 N–H and O–H groups in total. The van der Waals surface area contributed by atoms with E-state index in [-0.39, 0.29) is 0 Å². The van der Waals surface area contributed by atoms with Crippen molar-refractivity contribution in [3.8, 4) is 0 Å². The van der Waals surface area contributed by atoms with E-state index in [1.165, 1.54) is 0 Å². The second kappa shape index (κ2) is 3.61. The zero-order valence-electron chi connectivity index (χ0n) is 7.00. The molecule has 0 saturated heterocycles. The summed E-state index contributed by atoms with van der Waals surface area (Å²) in [5.41, 5.74) is -0.625. The molecule has 9 heteroatoms. The van der Waals surface area contributed by atoms with Crippen LogP contribution in [0.3, 0.4) is 0 Å². The highest BCUT2D eigenvalue weighted by molar-refractivity contribution is 7.89. The molecule has 0 fully saturated rings. The average Bonchev–Trinajstić information content (AvgIpc) is 2.45. The lowest BCUT2D eigenvalue weighted by molar-refractivity contribution is 0.0693. The van der Waals surface area contributed by atoms with E-state index >= 15 is 0 Å². The first kappa shape index (κ1) is 11.6. The maximum absolute atomic E-state index is 11.0. The van der Waals surface area contributed by atoms with E-state index in [1.54, 1.807) is 0 Å². The van der Waals surface area contributed by atoms with Crippen LogP contribution < -0.4 is 5.14 Å². The molecule has 1 aromatic heterocycles. The Morgan fingerprint density at radius 1 is 1.27 bits per heavy atom. The number of carboxylic acid groups (broad SMARTS) is 2. The van der Waals surface area contributed by atoms with Gasteiger partial charge in [0.25, 0.3) is 0 Å². The normalized spacial score (nSPS) is 11.3. The highest BCUT2D eigenvalue weighted by Gasteiger charge is 2.28. The predicted octanol–water partition coefficient (Wildman–Crippen LogP) is -0.208. The van der Waals surface area contributed by atoms with E-state index < -0.39 is 37.3 Å². The van der Waals surface area contributed by atoms with Gasteiger partial charge in [-0.15, -0.1) is 11.3 Å². The molecule has 0 saturated carbocycles. The van der Waals surface area contributed by atoms with Crippen LogP contribution in [0.2, 0.25) is 0 Å². The largest absolute Gasteiger partial charge is 0.478 e. The minimum atomic E-state index is -4.36. The summed E-state index contributed by atoms with van der Waals surface area (Å²) in [6, 6.07) is 0. The first-order valence-electron chi connectivity index (χ1n) is 3.36. The summed E-state index contributed by atoms with van der Waals surface area (Å²) in [7, 11) is -4.36. The summed E-state index contributed by atoms with van der Waals surface area (Å²) in [6.45, 7) is 0. The Morgan fingerprint density at radius 3 is 2.13 bits per heavy atom. The molecule has 82 valence electrons. The van der Waals surface area contributed by atoms with Gasteiger partial charge in [0, 0.05) is 5.38 Å². The van der Waals surface area contributed by atoms with Crippen LogP contribution in [0.1, 0.15) is 20.0 Å². The molecule has 0 unspecified atom stereocenters. The number of carbonyl (C=O) groups is 2. The molecule has 0 aromatic carbocycles. The van der Waals surface area contributed by atoms with E-state index in [2.05, 4.69) is 0 Å². The van der Waals surface area contributed by atoms with Gasteiger partial charge in [-0.3, -0.25) is 0 Å². The van der Waals surface area contributed by atoms with Gasteiger partial charge >= 0.3 is 11.9 Å². The minimum absolute atomic E-state index is 0.500. The predicted molar refractivity (Wildman–Crippen MR) is 49.6 cm³/mol. The Balaban J connectivity index is 3.62. The quantitative estimate of drug-likeness (QED) is 0.680.